The van der Waals surface area contributed by atoms with E-state index in [1.165, 1.54) is 0 Å². The van der Waals surface area contributed by atoms with Gasteiger partial charge >= 0.3 is 0 Å². The summed E-state index contributed by atoms with van der Waals surface area (Å²) in [4.78, 5) is 4.26. The topological polar surface area (TPSA) is 83.4 Å². The highest BCUT2D eigenvalue weighted by atomic mass is 16.5. The second-order valence-electron chi connectivity index (χ2n) is 4.63. The van der Waals surface area contributed by atoms with Crippen LogP contribution in [-0.2, 0) is 6.42 Å². The molecule has 0 saturated heterocycles. The van der Waals surface area contributed by atoms with E-state index in [1.54, 1.807) is 0 Å². The lowest BCUT2D eigenvalue weighted by Crippen LogP contribution is -2.14. The summed E-state index contributed by atoms with van der Waals surface area (Å²) in [6, 6.07) is 5.22. The number of aryl methyl sites for hydroxylation is 1. The highest BCUT2D eigenvalue weighted by Crippen LogP contribution is 2.32. The Morgan fingerprint density at radius 2 is 2.05 bits per heavy atom. The predicted octanol–water partition coefficient (Wildman–Crippen LogP) is 1.84. The van der Waals surface area contributed by atoms with Crippen molar-refractivity contribution in [3.63, 3.8) is 0 Å². The Bertz CT molecular complexity index is 597. The third kappa shape index (κ3) is 2.46. The zero-order valence-electron chi connectivity index (χ0n) is 11.3. The standard InChI is InChI=1S/C14H17N3O3/c1-2-12-16-14(17-20-12)13(15)9-4-5-10-11(8-9)19-7-3-6-18-10/h4-5,8,13H,2-3,6-7,15H2,1H3. The molecule has 3 rings (SSSR count). The van der Waals surface area contributed by atoms with Gasteiger partial charge in [0.1, 0.15) is 0 Å². The molecule has 2 N–H and O–H groups in total. The van der Waals surface area contributed by atoms with E-state index in [2.05, 4.69) is 10.1 Å². The van der Waals surface area contributed by atoms with Gasteiger partial charge in [0.15, 0.2) is 17.3 Å². The molecule has 1 aliphatic heterocycles. The van der Waals surface area contributed by atoms with Crippen molar-refractivity contribution in [1.29, 1.82) is 0 Å². The van der Waals surface area contributed by atoms with Crippen molar-refractivity contribution in [3.05, 3.63) is 35.5 Å². The molecular weight excluding hydrogens is 258 g/mol. The fourth-order valence-corrected chi connectivity index (χ4v) is 2.06. The molecule has 2 heterocycles. The van der Waals surface area contributed by atoms with Crippen LogP contribution < -0.4 is 15.2 Å². The van der Waals surface area contributed by atoms with Gasteiger partial charge in [-0.15, -0.1) is 0 Å². The number of aromatic nitrogens is 2. The molecule has 1 atom stereocenters. The van der Waals surface area contributed by atoms with Crippen LogP contribution in [0.4, 0.5) is 0 Å². The Kier molecular flexibility index (Phi) is 3.56. The molecule has 0 radical (unpaired) electrons. The zero-order valence-corrected chi connectivity index (χ0v) is 11.3. The van der Waals surface area contributed by atoms with Crippen molar-refractivity contribution in [2.75, 3.05) is 13.2 Å². The molecule has 0 aliphatic carbocycles. The number of benzene rings is 1. The molecule has 0 fully saturated rings. The summed E-state index contributed by atoms with van der Waals surface area (Å²) in [5.74, 6) is 2.54. The van der Waals surface area contributed by atoms with Crippen LogP contribution in [0.15, 0.2) is 22.7 Å². The van der Waals surface area contributed by atoms with E-state index < -0.39 is 6.04 Å². The maximum atomic E-state index is 6.18. The lowest BCUT2D eigenvalue weighted by Gasteiger charge is -2.12. The number of hydrogen-bond donors (Lipinski definition) is 1. The molecular formula is C14H17N3O3. The van der Waals surface area contributed by atoms with Gasteiger partial charge in [0.05, 0.1) is 19.3 Å². The molecule has 1 aliphatic rings. The molecule has 1 unspecified atom stereocenters. The Hall–Kier alpha value is -2.08. The van der Waals surface area contributed by atoms with E-state index in [-0.39, 0.29) is 0 Å². The Labute approximate surface area is 116 Å². The van der Waals surface area contributed by atoms with Crippen LogP contribution >= 0.6 is 0 Å². The molecule has 1 aromatic carbocycles. The Morgan fingerprint density at radius 1 is 1.25 bits per heavy atom. The van der Waals surface area contributed by atoms with Crippen molar-refractivity contribution in [1.82, 2.24) is 10.1 Å². The van der Waals surface area contributed by atoms with Gasteiger partial charge in [0.2, 0.25) is 5.89 Å². The van der Waals surface area contributed by atoms with Crippen molar-refractivity contribution in [3.8, 4) is 11.5 Å². The first-order chi connectivity index (χ1) is 9.78. The molecule has 0 saturated carbocycles. The van der Waals surface area contributed by atoms with E-state index in [0.29, 0.717) is 31.3 Å². The van der Waals surface area contributed by atoms with Crippen LogP contribution in [0.3, 0.4) is 0 Å². The van der Waals surface area contributed by atoms with Gasteiger partial charge in [0.25, 0.3) is 0 Å². The monoisotopic (exact) mass is 275 g/mol. The van der Waals surface area contributed by atoms with Crippen LogP contribution in [0.2, 0.25) is 0 Å². The van der Waals surface area contributed by atoms with Crippen molar-refractivity contribution in [2.45, 2.75) is 25.8 Å². The quantitative estimate of drug-likeness (QED) is 0.920. The van der Waals surface area contributed by atoms with Crippen LogP contribution in [0.25, 0.3) is 0 Å². The first-order valence-corrected chi connectivity index (χ1v) is 6.75. The van der Waals surface area contributed by atoms with Gasteiger partial charge < -0.3 is 19.7 Å². The number of rotatable bonds is 3. The molecule has 2 aromatic rings. The summed E-state index contributed by atoms with van der Waals surface area (Å²) < 4.78 is 16.3. The predicted molar refractivity (Wildman–Crippen MR) is 71.8 cm³/mol. The number of fused-ring (bicyclic) bond motifs is 1. The van der Waals surface area contributed by atoms with Gasteiger partial charge in [-0.3, -0.25) is 0 Å². The number of nitrogens with two attached hydrogens (primary N) is 1. The van der Waals surface area contributed by atoms with Crippen molar-refractivity contribution in [2.24, 2.45) is 5.73 Å². The normalized spacial score (nSPS) is 15.7. The maximum absolute atomic E-state index is 6.18. The second kappa shape index (κ2) is 5.50. The summed E-state index contributed by atoms with van der Waals surface area (Å²) >= 11 is 0. The fraction of sp³-hybridized carbons (Fsp3) is 0.429. The van der Waals surface area contributed by atoms with E-state index >= 15 is 0 Å². The van der Waals surface area contributed by atoms with E-state index in [0.717, 1.165) is 23.5 Å². The lowest BCUT2D eigenvalue weighted by molar-refractivity contribution is 0.297. The van der Waals surface area contributed by atoms with Crippen LogP contribution in [-0.4, -0.2) is 23.4 Å². The van der Waals surface area contributed by atoms with E-state index in [1.807, 2.05) is 25.1 Å². The van der Waals surface area contributed by atoms with Gasteiger partial charge in [-0.1, -0.05) is 18.1 Å². The zero-order chi connectivity index (χ0) is 13.9. The average Bonchev–Trinajstić information content (AvgIpc) is 2.84. The summed E-state index contributed by atoms with van der Waals surface area (Å²) in [5, 5.41) is 3.91. The minimum absolute atomic E-state index is 0.434. The fourth-order valence-electron chi connectivity index (χ4n) is 2.06. The largest absolute Gasteiger partial charge is 0.490 e. The first kappa shape index (κ1) is 12.9. The summed E-state index contributed by atoms with van der Waals surface area (Å²) in [7, 11) is 0. The minimum atomic E-state index is -0.434. The van der Waals surface area contributed by atoms with Crippen LogP contribution in [0.5, 0.6) is 11.5 Å². The summed E-state index contributed by atoms with van der Waals surface area (Å²) in [5.41, 5.74) is 7.05. The third-order valence-electron chi connectivity index (χ3n) is 3.20. The maximum Gasteiger partial charge on any atom is 0.226 e. The van der Waals surface area contributed by atoms with Gasteiger partial charge in [-0.25, -0.2) is 0 Å². The highest BCUT2D eigenvalue weighted by Gasteiger charge is 2.19. The molecule has 20 heavy (non-hydrogen) atoms. The molecule has 1 aromatic heterocycles. The average molecular weight is 275 g/mol. The Morgan fingerprint density at radius 3 is 2.80 bits per heavy atom. The molecule has 0 bridgehead atoms. The van der Waals surface area contributed by atoms with Crippen molar-refractivity contribution >= 4 is 0 Å². The smallest absolute Gasteiger partial charge is 0.226 e. The van der Waals surface area contributed by atoms with E-state index in [9.17, 15) is 0 Å². The number of nitrogens with zero attached hydrogens (tertiary/aromatic N) is 2. The lowest BCUT2D eigenvalue weighted by atomic mass is 10.1. The summed E-state index contributed by atoms with van der Waals surface area (Å²) in [6.45, 7) is 3.27. The van der Waals surface area contributed by atoms with Crippen molar-refractivity contribution < 1.29 is 14.0 Å². The molecule has 6 heteroatoms. The third-order valence-corrected chi connectivity index (χ3v) is 3.20. The SMILES string of the molecule is CCc1nc(C(N)c2ccc3c(c2)OCCCO3)no1. The highest BCUT2D eigenvalue weighted by molar-refractivity contribution is 5.45. The van der Waals surface area contributed by atoms with Gasteiger partial charge in [-0.2, -0.15) is 4.98 Å². The van der Waals surface area contributed by atoms with Crippen LogP contribution in [0.1, 0.15) is 36.7 Å². The summed E-state index contributed by atoms with van der Waals surface area (Å²) in [6.07, 6.45) is 1.57. The molecule has 6 nitrogen and oxygen atoms in total. The number of ether oxygens (including phenoxy) is 2. The van der Waals surface area contributed by atoms with Crippen LogP contribution in [0, 0.1) is 0 Å². The second-order valence-corrected chi connectivity index (χ2v) is 4.63. The van der Waals surface area contributed by atoms with E-state index in [4.69, 9.17) is 19.7 Å². The number of hydrogen-bond acceptors (Lipinski definition) is 6. The molecule has 0 spiro atoms. The molecule has 106 valence electrons. The Balaban J connectivity index is 1.87. The molecule has 0 amide bonds. The first-order valence-electron chi connectivity index (χ1n) is 6.75. The van der Waals surface area contributed by atoms with Gasteiger partial charge in [-0.05, 0) is 17.7 Å². The van der Waals surface area contributed by atoms with Gasteiger partial charge in [0, 0.05) is 12.8 Å². The minimum Gasteiger partial charge on any atom is -0.490 e.